The molecule has 0 saturated carbocycles. The highest BCUT2D eigenvalue weighted by Crippen LogP contribution is 2.18. The van der Waals surface area contributed by atoms with Crippen LogP contribution in [0.5, 0.6) is 0 Å². The van der Waals surface area contributed by atoms with Crippen molar-refractivity contribution < 1.29 is 28.6 Å². The molecule has 0 heterocycles. The number of allylic oxidation sites excluding steroid dienone is 12. The molecule has 0 fully saturated rings. The minimum Gasteiger partial charge on any atom is -0.462 e. The Morgan fingerprint density at radius 2 is 0.476 bits per heavy atom. The van der Waals surface area contributed by atoms with Gasteiger partial charge in [-0.3, -0.25) is 14.4 Å². The van der Waals surface area contributed by atoms with E-state index in [2.05, 4.69) is 93.7 Å². The Hall–Kier alpha value is -3.15. The van der Waals surface area contributed by atoms with Crippen molar-refractivity contribution in [3.05, 3.63) is 72.9 Å². The summed E-state index contributed by atoms with van der Waals surface area (Å²) in [6.07, 6.45) is 92.2. The maximum absolute atomic E-state index is 12.9. The van der Waals surface area contributed by atoms with Crippen molar-refractivity contribution in [3.8, 4) is 0 Å². The van der Waals surface area contributed by atoms with E-state index >= 15 is 0 Å². The molecule has 0 amide bonds. The molecule has 0 bridgehead atoms. The molecule has 82 heavy (non-hydrogen) atoms. The third-order valence-electron chi connectivity index (χ3n) is 15.9. The first kappa shape index (κ1) is 78.8. The Kier molecular flexibility index (Phi) is 67.6. The lowest BCUT2D eigenvalue weighted by atomic mass is 10.0. The summed E-state index contributed by atoms with van der Waals surface area (Å²) in [5.74, 6) is -0.848. The van der Waals surface area contributed by atoms with Crippen molar-refractivity contribution in [1.29, 1.82) is 0 Å². The van der Waals surface area contributed by atoms with Crippen molar-refractivity contribution in [2.45, 2.75) is 380 Å². The van der Waals surface area contributed by atoms with Crippen LogP contribution in [0.3, 0.4) is 0 Å². The molecule has 0 aromatic rings. The highest BCUT2D eigenvalue weighted by atomic mass is 16.6. The number of hydrogen-bond donors (Lipinski definition) is 0. The first-order chi connectivity index (χ1) is 40.5. The molecule has 6 heteroatoms. The number of unbranched alkanes of at least 4 members (excludes halogenated alkanes) is 43. The Bertz CT molecular complexity index is 1500. The zero-order chi connectivity index (χ0) is 59.2. The largest absolute Gasteiger partial charge is 0.462 e. The van der Waals surface area contributed by atoms with Gasteiger partial charge in [-0.1, -0.05) is 338 Å². The summed E-state index contributed by atoms with van der Waals surface area (Å²) in [6, 6.07) is 0. The van der Waals surface area contributed by atoms with Gasteiger partial charge < -0.3 is 14.2 Å². The molecule has 0 radical (unpaired) electrons. The summed E-state index contributed by atoms with van der Waals surface area (Å²) in [7, 11) is 0. The van der Waals surface area contributed by atoms with Gasteiger partial charge in [0, 0.05) is 19.3 Å². The van der Waals surface area contributed by atoms with Gasteiger partial charge in [0.15, 0.2) is 6.10 Å². The SMILES string of the molecule is CC/C=C\C/C=C\C/C=C\C/C=C\C/C=C\CCCCCCCCCCCCCCCCCCCC(=O)OCC(COC(=O)CCCCCCCCCCCCCC)OC(=O)CCCCCCCCCCC/C=C\CCCCCCCC. The summed E-state index contributed by atoms with van der Waals surface area (Å²) < 4.78 is 17.0. The lowest BCUT2D eigenvalue weighted by Gasteiger charge is -2.18. The number of carbonyl (C=O) groups is 3. The third kappa shape index (κ3) is 67.6. The molecule has 0 aliphatic carbocycles. The highest BCUT2D eigenvalue weighted by molar-refractivity contribution is 5.71. The molecule has 0 rings (SSSR count). The topological polar surface area (TPSA) is 78.9 Å². The van der Waals surface area contributed by atoms with Crippen molar-refractivity contribution in [3.63, 3.8) is 0 Å². The Labute approximate surface area is 510 Å². The summed E-state index contributed by atoms with van der Waals surface area (Å²) in [5.41, 5.74) is 0. The second-order valence-corrected chi connectivity index (χ2v) is 24.1. The van der Waals surface area contributed by atoms with Crippen LogP contribution in [0.15, 0.2) is 72.9 Å². The summed E-state index contributed by atoms with van der Waals surface area (Å²) in [6.45, 7) is 6.57. The van der Waals surface area contributed by atoms with E-state index in [9.17, 15) is 14.4 Å². The van der Waals surface area contributed by atoms with Crippen LogP contribution >= 0.6 is 0 Å². The fourth-order valence-electron chi connectivity index (χ4n) is 10.6. The quantitative estimate of drug-likeness (QED) is 0.0261. The van der Waals surface area contributed by atoms with E-state index in [0.29, 0.717) is 19.3 Å². The van der Waals surface area contributed by atoms with Crippen LogP contribution in [0, 0.1) is 0 Å². The standard InChI is InChI=1S/C76H136O6/c1-4-7-10-13-16-19-22-25-27-29-31-32-33-34-35-36-37-38-39-40-41-42-43-44-46-47-49-51-54-57-60-63-66-69-75(78)81-72-73(71-80-74(77)68-65-62-59-56-53-24-21-18-15-12-9-6-3)82-76(79)70-67-64-61-58-55-52-50-48-45-30-28-26-23-20-17-14-11-8-5-2/h7,10,16,19,25-28,31-32,34-35,73H,4-6,8-9,11-15,17-18,20-24,29-30,33,36-72H2,1-3H3/b10-7-,19-16-,27-25-,28-26-,32-31-,35-34-. The zero-order valence-electron chi connectivity index (χ0n) is 54.8. The van der Waals surface area contributed by atoms with Crippen molar-refractivity contribution in [2.75, 3.05) is 13.2 Å². The third-order valence-corrected chi connectivity index (χ3v) is 15.9. The van der Waals surface area contributed by atoms with Crippen LogP contribution in [0.2, 0.25) is 0 Å². The lowest BCUT2D eigenvalue weighted by molar-refractivity contribution is -0.167. The van der Waals surface area contributed by atoms with Gasteiger partial charge >= 0.3 is 17.9 Å². The van der Waals surface area contributed by atoms with Crippen LogP contribution in [0.25, 0.3) is 0 Å². The zero-order valence-corrected chi connectivity index (χ0v) is 54.8. The van der Waals surface area contributed by atoms with Crippen molar-refractivity contribution in [2.24, 2.45) is 0 Å². The molecule has 0 aliphatic heterocycles. The predicted molar refractivity (Wildman–Crippen MR) is 358 cm³/mol. The Balaban J connectivity index is 4.15. The molecule has 6 nitrogen and oxygen atoms in total. The molecule has 1 atom stereocenters. The highest BCUT2D eigenvalue weighted by Gasteiger charge is 2.19. The van der Waals surface area contributed by atoms with Crippen LogP contribution in [-0.2, 0) is 28.6 Å². The van der Waals surface area contributed by atoms with Gasteiger partial charge in [0.2, 0.25) is 0 Å². The predicted octanol–water partition coefficient (Wildman–Crippen LogP) is 24.8. The minimum absolute atomic E-state index is 0.0695. The first-order valence-corrected chi connectivity index (χ1v) is 35.9. The maximum Gasteiger partial charge on any atom is 0.306 e. The summed E-state index contributed by atoms with van der Waals surface area (Å²) in [4.78, 5) is 38.4. The van der Waals surface area contributed by atoms with Crippen LogP contribution in [0.1, 0.15) is 374 Å². The van der Waals surface area contributed by atoms with Gasteiger partial charge in [-0.05, 0) is 89.9 Å². The average molecular weight is 1150 g/mol. The van der Waals surface area contributed by atoms with Gasteiger partial charge in [-0.25, -0.2) is 0 Å². The Morgan fingerprint density at radius 1 is 0.256 bits per heavy atom. The fraction of sp³-hybridized carbons (Fsp3) is 0.803. The number of carbonyl (C=O) groups excluding carboxylic acids is 3. The number of esters is 3. The molecule has 0 N–H and O–H groups in total. The second kappa shape index (κ2) is 70.3. The molecule has 1 unspecified atom stereocenters. The van der Waals surface area contributed by atoms with Crippen LogP contribution in [-0.4, -0.2) is 37.2 Å². The Morgan fingerprint density at radius 3 is 0.756 bits per heavy atom. The van der Waals surface area contributed by atoms with Gasteiger partial charge in [0.05, 0.1) is 0 Å². The second-order valence-electron chi connectivity index (χ2n) is 24.1. The number of hydrogen-bond acceptors (Lipinski definition) is 6. The number of ether oxygens (including phenoxy) is 3. The lowest BCUT2D eigenvalue weighted by Crippen LogP contribution is -2.30. The van der Waals surface area contributed by atoms with Crippen LogP contribution < -0.4 is 0 Å². The van der Waals surface area contributed by atoms with E-state index in [1.807, 2.05) is 0 Å². The first-order valence-electron chi connectivity index (χ1n) is 35.9. The molecule has 0 aromatic carbocycles. The summed E-state index contributed by atoms with van der Waals surface area (Å²) >= 11 is 0. The van der Waals surface area contributed by atoms with Crippen molar-refractivity contribution in [1.82, 2.24) is 0 Å². The van der Waals surface area contributed by atoms with E-state index in [-0.39, 0.29) is 31.1 Å². The maximum atomic E-state index is 12.9. The summed E-state index contributed by atoms with van der Waals surface area (Å²) in [5, 5.41) is 0. The molecular weight excluding hydrogens is 1010 g/mol. The van der Waals surface area contributed by atoms with E-state index in [1.54, 1.807) is 0 Å². The van der Waals surface area contributed by atoms with Gasteiger partial charge in [-0.15, -0.1) is 0 Å². The molecule has 0 spiro atoms. The van der Waals surface area contributed by atoms with E-state index < -0.39 is 6.10 Å². The molecule has 476 valence electrons. The molecule has 0 aromatic heterocycles. The van der Waals surface area contributed by atoms with E-state index in [0.717, 1.165) is 89.9 Å². The van der Waals surface area contributed by atoms with Crippen molar-refractivity contribution >= 4 is 17.9 Å². The molecule has 0 saturated heterocycles. The number of rotatable bonds is 66. The fourth-order valence-corrected chi connectivity index (χ4v) is 10.6. The molecular formula is C76H136O6. The van der Waals surface area contributed by atoms with Gasteiger partial charge in [0.1, 0.15) is 13.2 Å². The van der Waals surface area contributed by atoms with E-state index in [1.165, 1.54) is 244 Å². The van der Waals surface area contributed by atoms with Gasteiger partial charge in [0.25, 0.3) is 0 Å². The van der Waals surface area contributed by atoms with E-state index in [4.69, 9.17) is 14.2 Å². The minimum atomic E-state index is -0.773. The normalized spacial score (nSPS) is 12.5. The average Bonchev–Trinajstić information content (AvgIpc) is 3.47. The smallest absolute Gasteiger partial charge is 0.306 e. The monoisotopic (exact) mass is 1150 g/mol. The van der Waals surface area contributed by atoms with Gasteiger partial charge in [-0.2, -0.15) is 0 Å². The molecule has 0 aliphatic rings. The van der Waals surface area contributed by atoms with Crippen LogP contribution in [0.4, 0.5) is 0 Å².